The molecule has 4 nitrogen and oxygen atoms in total. The summed E-state index contributed by atoms with van der Waals surface area (Å²) in [5, 5.41) is 22.2. The number of rotatable bonds is 6. The smallest absolute Gasteiger partial charge is 0.161 e. The molecule has 96 valence electrons. The second-order valence-corrected chi connectivity index (χ2v) is 4.22. The van der Waals surface area contributed by atoms with E-state index in [1.807, 2.05) is 20.8 Å². The zero-order chi connectivity index (χ0) is 12.8. The Labute approximate surface area is 102 Å². The molecule has 0 spiro atoms. The number of aromatic hydroxyl groups is 1. The van der Waals surface area contributed by atoms with E-state index in [0.717, 1.165) is 5.56 Å². The zero-order valence-corrected chi connectivity index (χ0v) is 10.6. The van der Waals surface area contributed by atoms with Crippen molar-refractivity contribution in [3.05, 3.63) is 23.8 Å². The van der Waals surface area contributed by atoms with Crippen LogP contribution < -0.4 is 10.1 Å². The van der Waals surface area contributed by atoms with Gasteiger partial charge in [0.15, 0.2) is 11.5 Å². The van der Waals surface area contributed by atoms with Crippen LogP contribution in [0.2, 0.25) is 0 Å². The molecule has 3 N–H and O–H groups in total. The maximum atomic E-state index is 9.59. The van der Waals surface area contributed by atoms with Gasteiger partial charge >= 0.3 is 0 Å². The first-order chi connectivity index (χ1) is 8.08. The molecule has 1 atom stereocenters. The zero-order valence-electron chi connectivity index (χ0n) is 10.6. The number of aliphatic hydroxyl groups is 1. The van der Waals surface area contributed by atoms with Crippen LogP contribution in [-0.2, 0) is 0 Å². The summed E-state index contributed by atoms with van der Waals surface area (Å²) < 4.78 is 5.32. The number of phenols is 1. The summed E-state index contributed by atoms with van der Waals surface area (Å²) in [5.74, 6) is 0.575. The predicted octanol–water partition coefficient (Wildman–Crippen LogP) is 1.82. The molecular formula is C13H21NO3. The summed E-state index contributed by atoms with van der Waals surface area (Å²) >= 11 is 0. The third-order valence-corrected chi connectivity index (χ3v) is 2.40. The van der Waals surface area contributed by atoms with E-state index in [9.17, 15) is 10.2 Å². The lowest BCUT2D eigenvalue weighted by Crippen LogP contribution is -2.30. The lowest BCUT2D eigenvalue weighted by molar-refractivity contribution is 0.236. The molecule has 0 saturated heterocycles. The highest BCUT2D eigenvalue weighted by Gasteiger charge is 2.13. The molecule has 0 fully saturated rings. The summed E-state index contributed by atoms with van der Waals surface area (Å²) in [6.07, 6.45) is 0. The van der Waals surface area contributed by atoms with E-state index in [2.05, 4.69) is 5.32 Å². The van der Waals surface area contributed by atoms with Crippen LogP contribution >= 0.6 is 0 Å². The van der Waals surface area contributed by atoms with Crippen molar-refractivity contribution < 1.29 is 14.9 Å². The van der Waals surface area contributed by atoms with Gasteiger partial charge in [0.05, 0.1) is 19.3 Å². The maximum absolute atomic E-state index is 9.59. The molecule has 0 aliphatic heterocycles. The number of hydrogen-bond donors (Lipinski definition) is 3. The van der Waals surface area contributed by atoms with Gasteiger partial charge in [-0.05, 0) is 24.6 Å². The number of nitrogens with one attached hydrogen (secondary N) is 1. The molecule has 0 bridgehead atoms. The fourth-order valence-electron chi connectivity index (χ4n) is 1.68. The van der Waals surface area contributed by atoms with Crippen LogP contribution in [0.15, 0.2) is 18.2 Å². The van der Waals surface area contributed by atoms with Gasteiger partial charge in [0.1, 0.15) is 0 Å². The number of hydrogen-bond acceptors (Lipinski definition) is 4. The highest BCUT2D eigenvalue weighted by atomic mass is 16.5. The molecule has 4 heteroatoms. The van der Waals surface area contributed by atoms with Crippen LogP contribution in [-0.4, -0.2) is 29.5 Å². The van der Waals surface area contributed by atoms with E-state index in [4.69, 9.17) is 4.74 Å². The number of phenolic OH excluding ortho intramolecular Hbond substituents is 1. The quantitative estimate of drug-likeness (QED) is 0.708. The Morgan fingerprint density at radius 2 is 2.06 bits per heavy atom. The third-order valence-electron chi connectivity index (χ3n) is 2.40. The highest BCUT2D eigenvalue weighted by Crippen LogP contribution is 2.29. The van der Waals surface area contributed by atoms with E-state index < -0.39 is 0 Å². The molecule has 0 heterocycles. The Morgan fingerprint density at radius 3 is 2.59 bits per heavy atom. The van der Waals surface area contributed by atoms with Crippen LogP contribution in [0, 0.1) is 0 Å². The first-order valence-electron chi connectivity index (χ1n) is 5.91. The van der Waals surface area contributed by atoms with Crippen LogP contribution in [0.4, 0.5) is 0 Å². The molecule has 1 aromatic rings. The second kappa shape index (κ2) is 6.47. The second-order valence-electron chi connectivity index (χ2n) is 4.22. The van der Waals surface area contributed by atoms with Crippen LogP contribution in [0.1, 0.15) is 32.4 Å². The van der Waals surface area contributed by atoms with Crippen molar-refractivity contribution in [3.8, 4) is 11.5 Å². The van der Waals surface area contributed by atoms with Crippen LogP contribution in [0.3, 0.4) is 0 Å². The minimum atomic E-state index is -0.144. The first kappa shape index (κ1) is 13.8. The first-order valence-corrected chi connectivity index (χ1v) is 5.91. The normalized spacial score (nSPS) is 12.8. The fourth-order valence-corrected chi connectivity index (χ4v) is 1.68. The average molecular weight is 239 g/mol. The van der Waals surface area contributed by atoms with Crippen LogP contribution in [0.25, 0.3) is 0 Å². The van der Waals surface area contributed by atoms with Crippen molar-refractivity contribution in [3.63, 3.8) is 0 Å². The van der Waals surface area contributed by atoms with Gasteiger partial charge < -0.3 is 20.3 Å². The summed E-state index contributed by atoms with van der Waals surface area (Å²) in [5.41, 5.74) is 0.905. The SMILES string of the molecule is CCOc1cc(C(CO)NC(C)C)ccc1O. The van der Waals surface area contributed by atoms with Gasteiger partial charge in [0, 0.05) is 6.04 Å². The Bertz CT molecular complexity index is 353. The fraction of sp³-hybridized carbons (Fsp3) is 0.538. The van der Waals surface area contributed by atoms with Crippen LogP contribution in [0.5, 0.6) is 11.5 Å². The molecule has 1 unspecified atom stereocenters. The summed E-state index contributed by atoms with van der Waals surface area (Å²) in [6, 6.07) is 5.26. The molecular weight excluding hydrogens is 218 g/mol. The van der Waals surface area contributed by atoms with Gasteiger partial charge in [-0.3, -0.25) is 0 Å². The van der Waals surface area contributed by atoms with Gasteiger partial charge in [-0.1, -0.05) is 19.9 Å². The van der Waals surface area contributed by atoms with Crippen molar-refractivity contribution in [2.45, 2.75) is 32.9 Å². The topological polar surface area (TPSA) is 61.7 Å². The number of benzene rings is 1. The molecule has 0 aliphatic carbocycles. The van der Waals surface area contributed by atoms with Gasteiger partial charge in [-0.2, -0.15) is 0 Å². The number of aliphatic hydroxyl groups excluding tert-OH is 1. The predicted molar refractivity (Wildman–Crippen MR) is 67.4 cm³/mol. The molecule has 0 amide bonds. The highest BCUT2D eigenvalue weighted by molar-refractivity contribution is 5.42. The van der Waals surface area contributed by atoms with E-state index in [1.54, 1.807) is 18.2 Å². The Balaban J connectivity index is 2.91. The lowest BCUT2D eigenvalue weighted by Gasteiger charge is -2.20. The third kappa shape index (κ3) is 3.91. The largest absolute Gasteiger partial charge is 0.504 e. The Morgan fingerprint density at radius 1 is 1.35 bits per heavy atom. The Hall–Kier alpha value is -1.26. The van der Waals surface area contributed by atoms with Crippen molar-refractivity contribution in [1.82, 2.24) is 5.32 Å². The molecule has 1 rings (SSSR count). The maximum Gasteiger partial charge on any atom is 0.161 e. The van der Waals surface area contributed by atoms with Gasteiger partial charge in [-0.15, -0.1) is 0 Å². The van der Waals surface area contributed by atoms with Gasteiger partial charge in [0.2, 0.25) is 0 Å². The summed E-state index contributed by atoms with van der Waals surface area (Å²) in [6.45, 7) is 6.41. The van der Waals surface area contributed by atoms with E-state index >= 15 is 0 Å². The van der Waals surface area contributed by atoms with Gasteiger partial charge in [-0.25, -0.2) is 0 Å². The van der Waals surface area contributed by atoms with Crippen molar-refractivity contribution in [2.75, 3.05) is 13.2 Å². The van der Waals surface area contributed by atoms with Gasteiger partial charge in [0.25, 0.3) is 0 Å². The lowest BCUT2D eigenvalue weighted by atomic mass is 10.1. The van der Waals surface area contributed by atoms with Crippen molar-refractivity contribution >= 4 is 0 Å². The monoisotopic (exact) mass is 239 g/mol. The van der Waals surface area contributed by atoms with Crippen molar-refractivity contribution in [1.29, 1.82) is 0 Å². The molecule has 17 heavy (non-hydrogen) atoms. The summed E-state index contributed by atoms with van der Waals surface area (Å²) in [4.78, 5) is 0. The Kier molecular flexibility index (Phi) is 5.25. The van der Waals surface area contributed by atoms with Crippen molar-refractivity contribution in [2.24, 2.45) is 0 Å². The molecule has 0 aromatic heterocycles. The van der Waals surface area contributed by atoms with E-state index in [1.165, 1.54) is 0 Å². The number of ether oxygens (including phenoxy) is 1. The molecule has 1 aromatic carbocycles. The minimum Gasteiger partial charge on any atom is -0.504 e. The van der Waals surface area contributed by atoms with E-state index in [-0.39, 0.29) is 24.4 Å². The minimum absolute atomic E-state index is 0.00845. The molecule has 0 radical (unpaired) electrons. The average Bonchev–Trinajstić information content (AvgIpc) is 2.29. The van der Waals surface area contributed by atoms with E-state index in [0.29, 0.717) is 12.4 Å². The molecule has 0 saturated carbocycles. The summed E-state index contributed by atoms with van der Waals surface area (Å²) in [7, 11) is 0. The standard InChI is InChI=1S/C13H21NO3/c1-4-17-13-7-10(5-6-12(13)16)11(8-15)14-9(2)3/h5-7,9,11,14-16H,4,8H2,1-3H3. The molecule has 0 aliphatic rings.